The smallest absolute Gasteiger partial charge is 0.307 e. The number of rotatable bonds is 5. The molecule has 2 unspecified atom stereocenters. The van der Waals surface area contributed by atoms with Crippen molar-refractivity contribution >= 4 is 28.4 Å². The standard InChI is InChI=1S/C11H12ClFO3S/c1-7(11(14)15)5-17(16)6-8-2-3-9(13)4-10(8)12/h2-4,7H,5-6H2,1H3,(H,14,15). The van der Waals surface area contributed by atoms with E-state index in [1.54, 1.807) is 0 Å². The zero-order valence-electron chi connectivity index (χ0n) is 9.15. The molecule has 1 N–H and O–H groups in total. The Morgan fingerprint density at radius 3 is 2.76 bits per heavy atom. The van der Waals surface area contributed by atoms with E-state index in [2.05, 4.69) is 0 Å². The van der Waals surface area contributed by atoms with Crippen LogP contribution in [0.5, 0.6) is 0 Å². The van der Waals surface area contributed by atoms with Crippen LogP contribution < -0.4 is 0 Å². The molecule has 6 heteroatoms. The van der Waals surface area contributed by atoms with Gasteiger partial charge in [-0.05, 0) is 17.7 Å². The molecule has 2 atom stereocenters. The largest absolute Gasteiger partial charge is 0.481 e. The van der Waals surface area contributed by atoms with Gasteiger partial charge < -0.3 is 5.11 Å². The van der Waals surface area contributed by atoms with Crippen LogP contribution in [0.25, 0.3) is 0 Å². The highest BCUT2D eigenvalue weighted by Crippen LogP contribution is 2.19. The molecule has 1 rings (SSSR count). The van der Waals surface area contributed by atoms with Crippen LogP contribution in [-0.2, 0) is 21.3 Å². The van der Waals surface area contributed by atoms with Crippen LogP contribution in [0.15, 0.2) is 18.2 Å². The summed E-state index contributed by atoms with van der Waals surface area (Å²) in [6, 6.07) is 3.84. The van der Waals surface area contributed by atoms with Crippen LogP contribution in [0.2, 0.25) is 5.02 Å². The van der Waals surface area contributed by atoms with E-state index in [0.717, 1.165) is 6.07 Å². The van der Waals surface area contributed by atoms with Gasteiger partial charge >= 0.3 is 5.97 Å². The van der Waals surface area contributed by atoms with Crippen LogP contribution in [0.4, 0.5) is 4.39 Å². The Balaban J connectivity index is 2.65. The minimum atomic E-state index is -1.33. The lowest BCUT2D eigenvalue weighted by Gasteiger charge is -2.07. The number of halogens is 2. The second-order valence-electron chi connectivity index (χ2n) is 3.73. The summed E-state index contributed by atoms with van der Waals surface area (Å²) in [4.78, 5) is 10.6. The molecule has 0 heterocycles. The molecule has 1 aromatic carbocycles. The van der Waals surface area contributed by atoms with E-state index >= 15 is 0 Å². The van der Waals surface area contributed by atoms with Gasteiger partial charge in [-0.2, -0.15) is 0 Å². The number of aliphatic carboxylic acids is 1. The second-order valence-corrected chi connectivity index (χ2v) is 5.63. The Labute approximate surface area is 106 Å². The number of carbonyl (C=O) groups is 1. The second kappa shape index (κ2) is 6.12. The highest BCUT2D eigenvalue weighted by molar-refractivity contribution is 7.84. The Morgan fingerprint density at radius 2 is 2.24 bits per heavy atom. The number of hydrogen-bond acceptors (Lipinski definition) is 2. The lowest BCUT2D eigenvalue weighted by atomic mass is 10.2. The fourth-order valence-electron chi connectivity index (χ4n) is 1.22. The molecule has 1 aromatic rings. The van der Waals surface area contributed by atoms with Crippen LogP contribution >= 0.6 is 11.6 Å². The molecular formula is C11H12ClFO3S. The molecular weight excluding hydrogens is 267 g/mol. The van der Waals surface area contributed by atoms with Gasteiger partial charge in [-0.1, -0.05) is 24.6 Å². The summed E-state index contributed by atoms with van der Waals surface area (Å²) in [5.41, 5.74) is 0.559. The summed E-state index contributed by atoms with van der Waals surface area (Å²) in [7, 11) is -1.33. The van der Waals surface area contributed by atoms with Gasteiger partial charge in [0.1, 0.15) is 5.82 Å². The van der Waals surface area contributed by atoms with Crippen molar-refractivity contribution in [1.82, 2.24) is 0 Å². The molecule has 0 aromatic heterocycles. The molecule has 0 spiro atoms. The Bertz CT molecular complexity index is 450. The molecule has 94 valence electrons. The molecule has 0 aliphatic carbocycles. The van der Waals surface area contributed by atoms with E-state index < -0.39 is 28.5 Å². The van der Waals surface area contributed by atoms with Crippen LogP contribution in [0, 0.1) is 11.7 Å². The maximum Gasteiger partial charge on any atom is 0.307 e. The molecule has 0 bridgehead atoms. The predicted molar refractivity (Wildman–Crippen MR) is 64.9 cm³/mol. The van der Waals surface area contributed by atoms with Crippen molar-refractivity contribution in [2.24, 2.45) is 5.92 Å². The van der Waals surface area contributed by atoms with Gasteiger partial charge in [0.05, 0.1) is 11.7 Å². The first-order valence-corrected chi connectivity index (χ1v) is 6.78. The molecule has 3 nitrogen and oxygen atoms in total. The fraction of sp³-hybridized carbons (Fsp3) is 0.364. The van der Waals surface area contributed by atoms with E-state index in [1.165, 1.54) is 19.1 Å². The average molecular weight is 279 g/mol. The topological polar surface area (TPSA) is 54.4 Å². The van der Waals surface area contributed by atoms with E-state index in [4.69, 9.17) is 16.7 Å². The lowest BCUT2D eigenvalue weighted by molar-refractivity contribution is -0.140. The van der Waals surface area contributed by atoms with Crippen LogP contribution in [0.3, 0.4) is 0 Å². The SMILES string of the molecule is CC(CS(=O)Cc1ccc(F)cc1Cl)C(=O)O. The first kappa shape index (κ1) is 14.1. The van der Waals surface area contributed by atoms with Gasteiger partial charge in [-0.15, -0.1) is 0 Å². The quantitative estimate of drug-likeness (QED) is 0.900. The average Bonchev–Trinajstić information content (AvgIpc) is 2.22. The first-order chi connectivity index (χ1) is 7.90. The molecule has 0 aliphatic heterocycles. The van der Waals surface area contributed by atoms with E-state index in [1.807, 2.05) is 0 Å². The summed E-state index contributed by atoms with van der Waals surface area (Å²) < 4.78 is 24.4. The molecule has 0 aliphatic rings. The Kier molecular flexibility index (Phi) is 5.08. The summed E-state index contributed by atoms with van der Waals surface area (Å²) in [5.74, 6) is -1.91. The molecule has 0 amide bonds. The summed E-state index contributed by atoms with van der Waals surface area (Å²) in [6.45, 7) is 1.49. The first-order valence-electron chi connectivity index (χ1n) is 4.92. The van der Waals surface area contributed by atoms with E-state index in [-0.39, 0.29) is 16.5 Å². The zero-order chi connectivity index (χ0) is 13.0. The number of carboxylic acid groups (broad SMARTS) is 1. The fourth-order valence-corrected chi connectivity index (χ4v) is 2.95. The third kappa shape index (κ3) is 4.44. The minimum Gasteiger partial charge on any atom is -0.481 e. The van der Waals surface area contributed by atoms with Crippen molar-refractivity contribution in [2.75, 3.05) is 5.75 Å². The van der Waals surface area contributed by atoms with Crippen LogP contribution in [-0.4, -0.2) is 21.0 Å². The van der Waals surface area contributed by atoms with Crippen molar-refractivity contribution in [1.29, 1.82) is 0 Å². The van der Waals surface area contributed by atoms with E-state index in [9.17, 15) is 13.4 Å². The van der Waals surface area contributed by atoms with Crippen molar-refractivity contribution in [3.05, 3.63) is 34.6 Å². The summed E-state index contributed by atoms with van der Waals surface area (Å²) >= 11 is 5.78. The van der Waals surface area contributed by atoms with Gasteiger partial charge in [0.2, 0.25) is 0 Å². The maximum absolute atomic E-state index is 12.8. The lowest BCUT2D eigenvalue weighted by Crippen LogP contribution is -2.18. The highest BCUT2D eigenvalue weighted by Gasteiger charge is 2.15. The number of carboxylic acids is 1. The van der Waals surface area contributed by atoms with Gasteiger partial charge in [-0.25, -0.2) is 4.39 Å². The van der Waals surface area contributed by atoms with Gasteiger partial charge in [0, 0.05) is 21.6 Å². The monoisotopic (exact) mass is 278 g/mol. The number of benzene rings is 1. The van der Waals surface area contributed by atoms with Gasteiger partial charge in [0.25, 0.3) is 0 Å². The summed E-state index contributed by atoms with van der Waals surface area (Å²) in [6.07, 6.45) is 0. The van der Waals surface area contributed by atoms with Crippen LogP contribution in [0.1, 0.15) is 12.5 Å². The number of hydrogen-bond donors (Lipinski definition) is 1. The molecule has 0 saturated carbocycles. The Hall–Kier alpha value is -0.940. The van der Waals surface area contributed by atoms with Crippen molar-refractivity contribution < 1.29 is 18.5 Å². The normalized spacial score (nSPS) is 14.3. The van der Waals surface area contributed by atoms with Crippen molar-refractivity contribution in [2.45, 2.75) is 12.7 Å². The third-order valence-corrected chi connectivity index (χ3v) is 4.05. The molecule has 0 fully saturated rings. The molecule has 0 saturated heterocycles. The minimum absolute atomic E-state index is 0.0586. The zero-order valence-corrected chi connectivity index (χ0v) is 10.7. The highest BCUT2D eigenvalue weighted by atomic mass is 35.5. The van der Waals surface area contributed by atoms with Gasteiger partial charge in [-0.3, -0.25) is 9.00 Å². The van der Waals surface area contributed by atoms with E-state index in [0.29, 0.717) is 5.56 Å². The maximum atomic E-state index is 12.8. The third-order valence-electron chi connectivity index (χ3n) is 2.19. The Morgan fingerprint density at radius 1 is 1.59 bits per heavy atom. The predicted octanol–water partition coefficient (Wildman–Crippen LogP) is 2.45. The summed E-state index contributed by atoms with van der Waals surface area (Å²) in [5, 5.41) is 8.89. The molecule has 17 heavy (non-hydrogen) atoms. The molecule has 0 radical (unpaired) electrons. The van der Waals surface area contributed by atoms with Crippen molar-refractivity contribution in [3.63, 3.8) is 0 Å². The van der Waals surface area contributed by atoms with Gasteiger partial charge in [0.15, 0.2) is 0 Å². The van der Waals surface area contributed by atoms with Crippen molar-refractivity contribution in [3.8, 4) is 0 Å².